The van der Waals surface area contributed by atoms with Crippen LogP contribution in [-0.4, -0.2) is 43.2 Å². The zero-order chi connectivity index (χ0) is 17.2. The molecule has 0 aliphatic carbocycles. The Labute approximate surface area is 146 Å². The molecule has 1 aromatic carbocycles. The van der Waals surface area contributed by atoms with Crippen molar-refractivity contribution in [2.45, 2.75) is 25.8 Å². The van der Waals surface area contributed by atoms with Crippen LogP contribution >= 0.6 is 0 Å². The van der Waals surface area contributed by atoms with Gasteiger partial charge in [-0.1, -0.05) is 0 Å². The minimum Gasteiger partial charge on any atom is -0.337 e. The van der Waals surface area contributed by atoms with Gasteiger partial charge in [0, 0.05) is 37.2 Å². The quantitative estimate of drug-likeness (QED) is 0.739. The number of aryl methyl sites for hydroxylation is 1. The van der Waals surface area contributed by atoms with Gasteiger partial charge in [0.1, 0.15) is 0 Å². The maximum atomic E-state index is 12.8. The molecular formula is C19H21N5O. The summed E-state index contributed by atoms with van der Waals surface area (Å²) in [7, 11) is 0. The molecule has 0 spiro atoms. The molecule has 1 aliphatic rings. The maximum Gasteiger partial charge on any atom is 0.253 e. The molecule has 1 saturated heterocycles. The average molecular weight is 335 g/mol. The Morgan fingerprint density at radius 1 is 1.24 bits per heavy atom. The summed E-state index contributed by atoms with van der Waals surface area (Å²) in [6, 6.07) is 7.96. The topological polar surface area (TPSA) is 56.0 Å². The third-order valence-electron chi connectivity index (χ3n) is 4.72. The van der Waals surface area contributed by atoms with Crippen LogP contribution in [0.25, 0.3) is 5.69 Å². The van der Waals surface area contributed by atoms with Crippen LogP contribution in [0.2, 0.25) is 0 Å². The van der Waals surface area contributed by atoms with E-state index in [-0.39, 0.29) is 5.91 Å². The summed E-state index contributed by atoms with van der Waals surface area (Å²) >= 11 is 0. The lowest BCUT2D eigenvalue weighted by molar-refractivity contribution is 0.0679. The number of carbonyl (C=O) groups excluding carboxylic acids is 1. The zero-order valence-corrected chi connectivity index (χ0v) is 14.2. The Balaban J connectivity index is 1.48. The Morgan fingerprint density at radius 3 is 2.76 bits per heavy atom. The number of nitrogens with zero attached hydrogens (tertiary/aromatic N) is 5. The Kier molecular flexibility index (Phi) is 4.09. The van der Waals surface area contributed by atoms with Gasteiger partial charge in [-0.05, 0) is 49.6 Å². The summed E-state index contributed by atoms with van der Waals surface area (Å²) in [5.41, 5.74) is 2.79. The van der Waals surface area contributed by atoms with E-state index in [9.17, 15) is 4.79 Å². The smallest absolute Gasteiger partial charge is 0.253 e. The molecule has 0 radical (unpaired) electrons. The van der Waals surface area contributed by atoms with E-state index in [1.807, 2.05) is 65.7 Å². The molecule has 1 fully saturated rings. The standard InChI is InChI=1S/C19H21N5O/c1-15-11-21-24(12-15)17-6-4-16(5-7-17)19(25)22-9-2-3-18(13-22)23-10-8-20-14-23/h4-8,10-12,14,18H,2-3,9,13H2,1H3. The van der Waals surface area contributed by atoms with Crippen molar-refractivity contribution in [2.24, 2.45) is 0 Å². The summed E-state index contributed by atoms with van der Waals surface area (Å²) in [5.74, 6) is 0.0908. The highest BCUT2D eigenvalue weighted by atomic mass is 16.2. The fourth-order valence-electron chi connectivity index (χ4n) is 3.36. The van der Waals surface area contributed by atoms with Crippen molar-refractivity contribution in [1.82, 2.24) is 24.2 Å². The van der Waals surface area contributed by atoms with E-state index in [1.165, 1.54) is 0 Å². The van der Waals surface area contributed by atoms with E-state index >= 15 is 0 Å². The minimum atomic E-state index is 0.0908. The first-order chi connectivity index (χ1) is 12.2. The van der Waals surface area contributed by atoms with Crippen molar-refractivity contribution in [3.63, 3.8) is 0 Å². The van der Waals surface area contributed by atoms with E-state index in [0.717, 1.165) is 42.7 Å². The van der Waals surface area contributed by atoms with Crippen LogP contribution in [0.15, 0.2) is 55.4 Å². The Bertz CT molecular complexity index is 850. The van der Waals surface area contributed by atoms with Gasteiger partial charge in [-0.15, -0.1) is 0 Å². The zero-order valence-electron chi connectivity index (χ0n) is 14.2. The van der Waals surface area contributed by atoms with Gasteiger partial charge in [-0.2, -0.15) is 5.10 Å². The van der Waals surface area contributed by atoms with E-state index in [0.29, 0.717) is 6.04 Å². The van der Waals surface area contributed by atoms with E-state index in [1.54, 1.807) is 6.20 Å². The van der Waals surface area contributed by atoms with Crippen molar-refractivity contribution in [1.29, 1.82) is 0 Å². The largest absolute Gasteiger partial charge is 0.337 e. The Hall–Kier alpha value is -2.89. The summed E-state index contributed by atoms with van der Waals surface area (Å²) in [6.07, 6.45) is 11.5. The minimum absolute atomic E-state index is 0.0908. The third kappa shape index (κ3) is 3.20. The number of aromatic nitrogens is 4. The molecule has 25 heavy (non-hydrogen) atoms. The second-order valence-corrected chi connectivity index (χ2v) is 6.57. The van der Waals surface area contributed by atoms with Crippen LogP contribution < -0.4 is 0 Å². The first-order valence-electron chi connectivity index (χ1n) is 8.59. The normalized spacial score (nSPS) is 17.6. The SMILES string of the molecule is Cc1cnn(-c2ccc(C(=O)N3CCCC(n4ccnc4)C3)cc2)c1. The van der Waals surface area contributed by atoms with Crippen molar-refractivity contribution < 1.29 is 4.79 Å². The molecule has 6 heteroatoms. The molecule has 0 saturated carbocycles. The van der Waals surface area contributed by atoms with E-state index in [2.05, 4.69) is 14.6 Å². The lowest BCUT2D eigenvalue weighted by Crippen LogP contribution is -2.40. The molecule has 3 heterocycles. The molecule has 6 nitrogen and oxygen atoms in total. The van der Waals surface area contributed by atoms with Gasteiger partial charge in [0.2, 0.25) is 0 Å². The van der Waals surface area contributed by atoms with Crippen molar-refractivity contribution in [2.75, 3.05) is 13.1 Å². The number of hydrogen-bond acceptors (Lipinski definition) is 3. The molecule has 0 N–H and O–H groups in total. The molecule has 1 unspecified atom stereocenters. The fraction of sp³-hybridized carbons (Fsp3) is 0.316. The highest BCUT2D eigenvalue weighted by Gasteiger charge is 2.25. The monoisotopic (exact) mass is 335 g/mol. The van der Waals surface area contributed by atoms with Gasteiger partial charge >= 0.3 is 0 Å². The lowest BCUT2D eigenvalue weighted by Gasteiger charge is -2.33. The number of benzene rings is 1. The number of likely N-dealkylation sites (tertiary alicyclic amines) is 1. The molecular weight excluding hydrogens is 314 g/mol. The van der Waals surface area contributed by atoms with Crippen molar-refractivity contribution in [3.8, 4) is 5.69 Å². The van der Waals surface area contributed by atoms with Crippen LogP contribution in [0.1, 0.15) is 34.8 Å². The van der Waals surface area contributed by atoms with Crippen LogP contribution in [0, 0.1) is 6.92 Å². The van der Waals surface area contributed by atoms with Gasteiger partial charge in [-0.25, -0.2) is 9.67 Å². The number of carbonyl (C=O) groups is 1. The predicted molar refractivity (Wildman–Crippen MR) is 94.7 cm³/mol. The van der Waals surface area contributed by atoms with Gasteiger partial charge in [0.15, 0.2) is 0 Å². The van der Waals surface area contributed by atoms with Crippen molar-refractivity contribution in [3.05, 3.63) is 66.5 Å². The fourth-order valence-corrected chi connectivity index (χ4v) is 3.36. The molecule has 1 atom stereocenters. The van der Waals surface area contributed by atoms with Gasteiger partial charge < -0.3 is 9.47 Å². The molecule has 0 bridgehead atoms. The number of imidazole rings is 1. The van der Waals surface area contributed by atoms with Crippen molar-refractivity contribution >= 4 is 5.91 Å². The molecule has 4 rings (SSSR count). The third-order valence-corrected chi connectivity index (χ3v) is 4.72. The second-order valence-electron chi connectivity index (χ2n) is 6.57. The molecule has 2 aromatic heterocycles. The first kappa shape index (κ1) is 15.6. The Morgan fingerprint density at radius 2 is 2.08 bits per heavy atom. The summed E-state index contributed by atoms with van der Waals surface area (Å²) in [6.45, 7) is 3.55. The summed E-state index contributed by atoms with van der Waals surface area (Å²) < 4.78 is 3.92. The number of amides is 1. The molecule has 1 aliphatic heterocycles. The number of rotatable bonds is 3. The highest BCUT2D eigenvalue weighted by Crippen LogP contribution is 2.23. The van der Waals surface area contributed by atoms with E-state index < -0.39 is 0 Å². The average Bonchev–Trinajstić information content (AvgIpc) is 3.33. The second kappa shape index (κ2) is 6.55. The van der Waals surface area contributed by atoms with Crippen LogP contribution in [-0.2, 0) is 0 Å². The van der Waals surface area contributed by atoms with Crippen LogP contribution in [0.5, 0.6) is 0 Å². The van der Waals surface area contributed by atoms with Crippen LogP contribution in [0.3, 0.4) is 0 Å². The molecule has 128 valence electrons. The lowest BCUT2D eigenvalue weighted by atomic mass is 10.0. The van der Waals surface area contributed by atoms with Gasteiger partial charge in [-0.3, -0.25) is 4.79 Å². The summed E-state index contributed by atoms with van der Waals surface area (Å²) in [5, 5.41) is 4.30. The predicted octanol–water partition coefficient (Wildman–Crippen LogP) is 2.85. The maximum absolute atomic E-state index is 12.8. The first-order valence-corrected chi connectivity index (χ1v) is 8.59. The molecule has 3 aromatic rings. The number of hydrogen-bond donors (Lipinski definition) is 0. The number of piperidine rings is 1. The highest BCUT2D eigenvalue weighted by molar-refractivity contribution is 5.94. The van der Waals surface area contributed by atoms with E-state index in [4.69, 9.17) is 0 Å². The summed E-state index contributed by atoms with van der Waals surface area (Å²) in [4.78, 5) is 18.9. The van der Waals surface area contributed by atoms with Crippen LogP contribution in [0.4, 0.5) is 0 Å². The van der Waals surface area contributed by atoms with Gasteiger partial charge in [0.05, 0.1) is 24.3 Å². The van der Waals surface area contributed by atoms with Gasteiger partial charge in [0.25, 0.3) is 5.91 Å². The molecule has 1 amide bonds.